The molecule has 4 rings (SSSR count). The summed E-state index contributed by atoms with van der Waals surface area (Å²) in [5.41, 5.74) is 1.26. The molecule has 0 aliphatic heterocycles. The summed E-state index contributed by atoms with van der Waals surface area (Å²) in [6, 6.07) is 9.08. The second kappa shape index (κ2) is 6.95. The molecule has 1 aromatic heterocycles. The van der Waals surface area contributed by atoms with Gasteiger partial charge in [0.25, 0.3) is 0 Å². The van der Waals surface area contributed by atoms with Crippen molar-refractivity contribution in [2.75, 3.05) is 13.2 Å². The fourth-order valence-electron chi connectivity index (χ4n) is 3.74. The molecule has 0 radical (unpaired) electrons. The van der Waals surface area contributed by atoms with E-state index in [1.165, 1.54) is 12.1 Å². The minimum absolute atomic E-state index is 0.207. The summed E-state index contributed by atoms with van der Waals surface area (Å²) in [7, 11) is 0. The topological polar surface area (TPSA) is 100 Å². The Bertz CT molecular complexity index is 1100. The summed E-state index contributed by atoms with van der Waals surface area (Å²) in [6.45, 7) is 3.02. The number of ether oxygens (including phenoxy) is 1. The number of carbonyl (C=O) groups excluding carboxylic acids is 1. The van der Waals surface area contributed by atoms with Crippen molar-refractivity contribution in [3.63, 3.8) is 0 Å². The first-order chi connectivity index (χ1) is 13.7. The predicted molar refractivity (Wildman–Crippen MR) is 103 cm³/mol. The first-order valence-electron chi connectivity index (χ1n) is 9.25. The standard InChI is InChI=1S/C22H21FO6/c1-22(2)15-8-12(28-10-17(26)16(25)9-24)4-6-13(15)20(27)19-14-5-3-11(23)7-18(14)29-21(19)22/h3-8,16-17,24-26H,9-10H2,1-2H3/t16?,17-/m1/s1. The number of rotatable bonds is 5. The normalized spacial score (nSPS) is 17.0. The Balaban J connectivity index is 1.74. The highest BCUT2D eigenvalue weighted by atomic mass is 19.1. The van der Waals surface area contributed by atoms with Gasteiger partial charge < -0.3 is 24.5 Å². The van der Waals surface area contributed by atoms with Gasteiger partial charge in [0.05, 0.1) is 12.2 Å². The van der Waals surface area contributed by atoms with Gasteiger partial charge in [0.1, 0.15) is 41.7 Å². The summed E-state index contributed by atoms with van der Waals surface area (Å²) in [6.07, 6.45) is -2.55. The average Bonchev–Trinajstić information content (AvgIpc) is 3.09. The molecule has 152 valence electrons. The molecule has 1 heterocycles. The molecule has 0 fully saturated rings. The molecule has 1 aliphatic rings. The van der Waals surface area contributed by atoms with Crippen molar-refractivity contribution in [2.45, 2.75) is 31.5 Å². The van der Waals surface area contributed by atoms with Gasteiger partial charge in [-0.15, -0.1) is 0 Å². The van der Waals surface area contributed by atoms with Crippen LogP contribution in [0.5, 0.6) is 5.75 Å². The fraction of sp³-hybridized carbons (Fsp3) is 0.318. The van der Waals surface area contributed by atoms with E-state index in [-0.39, 0.29) is 12.4 Å². The second-order valence-corrected chi connectivity index (χ2v) is 7.74. The van der Waals surface area contributed by atoms with Crippen molar-refractivity contribution < 1.29 is 33.7 Å². The van der Waals surface area contributed by atoms with E-state index in [1.807, 2.05) is 13.8 Å². The smallest absolute Gasteiger partial charge is 0.197 e. The van der Waals surface area contributed by atoms with Crippen LogP contribution >= 0.6 is 0 Å². The van der Waals surface area contributed by atoms with E-state index in [2.05, 4.69) is 0 Å². The Labute approximate surface area is 166 Å². The van der Waals surface area contributed by atoms with Crippen LogP contribution in [-0.2, 0) is 5.41 Å². The number of benzene rings is 2. The number of carbonyl (C=O) groups is 1. The molecule has 0 saturated heterocycles. The van der Waals surface area contributed by atoms with Gasteiger partial charge in [-0.25, -0.2) is 4.39 Å². The molecule has 3 aromatic rings. The molecule has 1 aliphatic carbocycles. The summed E-state index contributed by atoms with van der Waals surface area (Å²) in [5.74, 6) is 0.218. The first kappa shape index (κ1) is 19.6. The van der Waals surface area contributed by atoms with Gasteiger partial charge >= 0.3 is 0 Å². The Morgan fingerprint density at radius 2 is 1.90 bits per heavy atom. The zero-order valence-electron chi connectivity index (χ0n) is 16.0. The molecule has 29 heavy (non-hydrogen) atoms. The lowest BCUT2D eigenvalue weighted by Crippen LogP contribution is -2.34. The molecule has 3 N–H and O–H groups in total. The van der Waals surface area contributed by atoms with Gasteiger partial charge in [0.15, 0.2) is 5.78 Å². The van der Waals surface area contributed by atoms with Gasteiger partial charge in [0, 0.05) is 22.4 Å². The van der Waals surface area contributed by atoms with Crippen LogP contribution in [0.4, 0.5) is 4.39 Å². The highest BCUT2D eigenvalue weighted by Crippen LogP contribution is 2.46. The van der Waals surface area contributed by atoms with Crippen LogP contribution in [0.3, 0.4) is 0 Å². The van der Waals surface area contributed by atoms with Crippen molar-refractivity contribution >= 4 is 16.8 Å². The Morgan fingerprint density at radius 3 is 2.62 bits per heavy atom. The van der Waals surface area contributed by atoms with E-state index >= 15 is 0 Å². The molecular formula is C22H21FO6. The number of furan rings is 1. The van der Waals surface area contributed by atoms with Crippen molar-refractivity contribution in [3.8, 4) is 5.75 Å². The fourth-order valence-corrected chi connectivity index (χ4v) is 3.74. The van der Waals surface area contributed by atoms with Crippen LogP contribution in [0.1, 0.15) is 41.1 Å². The van der Waals surface area contributed by atoms with Gasteiger partial charge in [-0.2, -0.15) is 0 Å². The maximum atomic E-state index is 13.6. The Kier molecular flexibility index (Phi) is 4.69. The highest BCUT2D eigenvalue weighted by molar-refractivity contribution is 6.19. The zero-order valence-corrected chi connectivity index (χ0v) is 16.0. The predicted octanol–water partition coefficient (Wildman–Crippen LogP) is 2.54. The SMILES string of the molecule is CC1(C)c2cc(OC[C@@H](O)C(O)CO)ccc2C(=O)c2c1oc1cc(F)ccc21. The van der Waals surface area contributed by atoms with Crippen molar-refractivity contribution in [2.24, 2.45) is 0 Å². The summed E-state index contributed by atoms with van der Waals surface area (Å²) in [4.78, 5) is 13.2. The number of ketones is 1. The molecular weight excluding hydrogens is 379 g/mol. The molecule has 0 saturated carbocycles. The number of halogens is 1. The van der Waals surface area contributed by atoms with E-state index in [4.69, 9.17) is 14.3 Å². The second-order valence-electron chi connectivity index (χ2n) is 7.74. The molecule has 0 amide bonds. The average molecular weight is 400 g/mol. The summed E-state index contributed by atoms with van der Waals surface area (Å²) >= 11 is 0. The molecule has 1 unspecified atom stereocenters. The van der Waals surface area contributed by atoms with Crippen LogP contribution in [0, 0.1) is 5.82 Å². The molecule has 2 atom stereocenters. The molecule has 2 aromatic carbocycles. The maximum Gasteiger partial charge on any atom is 0.197 e. The molecule has 6 nitrogen and oxygen atoms in total. The number of aliphatic hydroxyl groups excluding tert-OH is 3. The van der Waals surface area contributed by atoms with Crippen LogP contribution in [0.25, 0.3) is 11.0 Å². The van der Waals surface area contributed by atoms with Gasteiger partial charge in [-0.3, -0.25) is 4.79 Å². The van der Waals surface area contributed by atoms with E-state index in [9.17, 15) is 19.4 Å². The maximum absolute atomic E-state index is 13.6. The van der Waals surface area contributed by atoms with Crippen molar-refractivity contribution in [3.05, 3.63) is 64.7 Å². The minimum atomic E-state index is -1.30. The third-order valence-corrected chi connectivity index (χ3v) is 5.41. The minimum Gasteiger partial charge on any atom is -0.491 e. The largest absolute Gasteiger partial charge is 0.491 e. The van der Waals surface area contributed by atoms with Crippen molar-refractivity contribution in [1.82, 2.24) is 0 Å². The summed E-state index contributed by atoms with van der Waals surface area (Å²) in [5, 5.41) is 28.7. The van der Waals surface area contributed by atoms with Crippen molar-refractivity contribution in [1.29, 1.82) is 0 Å². The van der Waals surface area contributed by atoms with Gasteiger partial charge in [0.2, 0.25) is 0 Å². The third-order valence-electron chi connectivity index (χ3n) is 5.41. The lowest BCUT2D eigenvalue weighted by molar-refractivity contribution is -0.0339. The van der Waals surface area contributed by atoms with Crippen LogP contribution in [0.2, 0.25) is 0 Å². The third kappa shape index (κ3) is 3.11. The van der Waals surface area contributed by atoms with Crippen LogP contribution < -0.4 is 4.74 Å². The lowest BCUT2D eigenvalue weighted by Gasteiger charge is -2.31. The molecule has 7 heteroatoms. The number of aliphatic hydroxyl groups is 3. The molecule has 0 bridgehead atoms. The number of fused-ring (bicyclic) bond motifs is 4. The monoisotopic (exact) mass is 400 g/mol. The van der Waals surface area contributed by atoms with E-state index in [0.717, 1.165) is 0 Å². The Morgan fingerprint density at radius 1 is 1.14 bits per heavy atom. The van der Waals surface area contributed by atoms with Crippen LogP contribution in [-0.4, -0.2) is 46.5 Å². The molecule has 0 spiro atoms. The lowest BCUT2D eigenvalue weighted by atomic mass is 9.72. The first-order valence-corrected chi connectivity index (χ1v) is 9.25. The van der Waals surface area contributed by atoms with Gasteiger partial charge in [-0.1, -0.05) is 0 Å². The van der Waals surface area contributed by atoms with E-state index in [1.54, 1.807) is 24.3 Å². The summed E-state index contributed by atoms with van der Waals surface area (Å²) < 4.78 is 25.1. The number of hydrogen-bond donors (Lipinski definition) is 3. The van der Waals surface area contributed by atoms with E-state index < -0.39 is 30.0 Å². The quantitative estimate of drug-likeness (QED) is 0.609. The number of hydrogen-bond acceptors (Lipinski definition) is 6. The van der Waals surface area contributed by atoms with Crippen LogP contribution in [0.15, 0.2) is 40.8 Å². The van der Waals surface area contributed by atoms with Gasteiger partial charge in [-0.05, 0) is 49.7 Å². The zero-order chi connectivity index (χ0) is 20.9. The Hall–Kier alpha value is -2.74. The highest BCUT2D eigenvalue weighted by Gasteiger charge is 2.41. The van der Waals surface area contributed by atoms with E-state index in [0.29, 0.717) is 39.2 Å².